The lowest BCUT2D eigenvalue weighted by molar-refractivity contribution is -0.192. The average Bonchev–Trinajstić information content (AvgIpc) is 3.07. The Kier molecular flexibility index (Phi) is 14.0. The molecule has 0 aliphatic rings. The molecule has 4 aromatic rings. The van der Waals surface area contributed by atoms with Crippen LogP contribution in [-0.4, -0.2) is 62.7 Å². The topological polar surface area (TPSA) is 171 Å². The molecular weight excluding hydrogens is 631 g/mol. The van der Waals surface area contributed by atoms with Crippen LogP contribution >= 0.6 is 0 Å². The molecule has 2 heterocycles. The normalized spacial score (nSPS) is 12.0. The lowest BCUT2D eigenvalue weighted by Gasteiger charge is -2.23. The molecule has 0 saturated carbocycles. The van der Waals surface area contributed by atoms with Crippen molar-refractivity contribution >= 4 is 29.6 Å². The summed E-state index contributed by atoms with van der Waals surface area (Å²) in [6.45, 7) is 0.547. The summed E-state index contributed by atoms with van der Waals surface area (Å²) in [5, 5.41) is 25.6. The van der Waals surface area contributed by atoms with E-state index in [-0.39, 0.29) is 25.2 Å². The van der Waals surface area contributed by atoms with Gasteiger partial charge in [0, 0.05) is 38.0 Å². The van der Waals surface area contributed by atoms with Crippen LogP contribution in [0.25, 0.3) is 11.1 Å². The maximum Gasteiger partial charge on any atom is 0.490 e. The molecule has 2 aromatic carbocycles. The van der Waals surface area contributed by atoms with E-state index in [2.05, 4.69) is 25.9 Å². The standard InChI is InChI=1S/C32H33N5O4.C2HF3O2/c38-30(10-6-18-35-29-9-4-5-17-34-29)36-28(21-23-15-19-33-20-16-23)32(41)37-27(22-31(39)40)26-13-11-25(12-14-26)24-7-2-1-3-8-24;3-2(4,5)1(6)7/h1-5,7-9,11-17,19-20,27-28H,6,10,18,21-22H2,(H,34,35)(H,36,38)(H,37,41)(H,39,40);(H,6,7)/t27?,28-;/m1./s1. The maximum atomic E-state index is 13.5. The Hall–Kier alpha value is -5.79. The Labute approximate surface area is 274 Å². The lowest BCUT2D eigenvalue weighted by Crippen LogP contribution is -2.49. The second kappa shape index (κ2) is 18.4. The van der Waals surface area contributed by atoms with Crippen molar-refractivity contribution in [2.24, 2.45) is 0 Å². The van der Waals surface area contributed by atoms with Gasteiger partial charge in [0.25, 0.3) is 0 Å². The molecule has 11 nitrogen and oxygen atoms in total. The van der Waals surface area contributed by atoms with Gasteiger partial charge in [-0.1, -0.05) is 60.7 Å². The van der Waals surface area contributed by atoms with Crippen LogP contribution in [0.1, 0.15) is 36.4 Å². The molecule has 2 aromatic heterocycles. The molecule has 48 heavy (non-hydrogen) atoms. The quantitative estimate of drug-likeness (QED) is 0.116. The fourth-order valence-corrected chi connectivity index (χ4v) is 4.40. The zero-order chi connectivity index (χ0) is 34.9. The van der Waals surface area contributed by atoms with E-state index < -0.39 is 36.1 Å². The van der Waals surface area contributed by atoms with Gasteiger partial charge in [-0.15, -0.1) is 0 Å². The van der Waals surface area contributed by atoms with Crippen LogP contribution < -0.4 is 16.0 Å². The lowest BCUT2D eigenvalue weighted by atomic mass is 9.98. The number of halogens is 3. The summed E-state index contributed by atoms with van der Waals surface area (Å²) in [7, 11) is 0. The molecule has 14 heteroatoms. The third-order valence-electron chi connectivity index (χ3n) is 6.75. The fourth-order valence-electron chi connectivity index (χ4n) is 4.40. The van der Waals surface area contributed by atoms with E-state index in [9.17, 15) is 32.7 Å². The van der Waals surface area contributed by atoms with E-state index in [1.807, 2.05) is 72.8 Å². The molecule has 0 saturated heterocycles. The van der Waals surface area contributed by atoms with Gasteiger partial charge in [-0.25, -0.2) is 9.78 Å². The summed E-state index contributed by atoms with van der Waals surface area (Å²) >= 11 is 0. The van der Waals surface area contributed by atoms with Crippen LogP contribution in [0.2, 0.25) is 0 Å². The van der Waals surface area contributed by atoms with Gasteiger partial charge in [-0.05, 0) is 52.9 Å². The van der Waals surface area contributed by atoms with E-state index in [0.717, 1.165) is 22.5 Å². The highest BCUT2D eigenvalue weighted by atomic mass is 19.4. The summed E-state index contributed by atoms with van der Waals surface area (Å²) in [5.74, 6) is -3.81. The van der Waals surface area contributed by atoms with Crippen LogP contribution in [0, 0.1) is 0 Å². The van der Waals surface area contributed by atoms with Crippen molar-refractivity contribution < 1.29 is 42.6 Å². The van der Waals surface area contributed by atoms with E-state index in [4.69, 9.17) is 9.90 Å². The molecule has 0 radical (unpaired) electrons. The molecule has 0 aliphatic heterocycles. The van der Waals surface area contributed by atoms with Crippen LogP contribution in [0.15, 0.2) is 104 Å². The highest BCUT2D eigenvalue weighted by Gasteiger charge is 2.38. The van der Waals surface area contributed by atoms with Gasteiger partial charge in [-0.3, -0.25) is 19.4 Å². The van der Waals surface area contributed by atoms with E-state index in [1.54, 1.807) is 30.7 Å². The van der Waals surface area contributed by atoms with Crippen molar-refractivity contribution in [3.05, 3.63) is 115 Å². The summed E-state index contributed by atoms with van der Waals surface area (Å²) < 4.78 is 31.7. The Morgan fingerprint density at radius 1 is 0.771 bits per heavy atom. The molecule has 0 bridgehead atoms. The number of aliphatic carboxylic acids is 2. The summed E-state index contributed by atoms with van der Waals surface area (Å²) in [4.78, 5) is 55.1. The highest BCUT2D eigenvalue weighted by molar-refractivity contribution is 5.88. The third-order valence-corrected chi connectivity index (χ3v) is 6.75. The summed E-state index contributed by atoms with van der Waals surface area (Å²) in [6, 6.07) is 24.7. The molecular formula is C34H34F3N5O6. The van der Waals surface area contributed by atoms with Crippen LogP contribution in [0.3, 0.4) is 0 Å². The van der Waals surface area contributed by atoms with Gasteiger partial charge < -0.3 is 26.2 Å². The Morgan fingerprint density at radius 2 is 1.40 bits per heavy atom. The number of alkyl halides is 3. The summed E-state index contributed by atoms with van der Waals surface area (Å²) in [6.07, 6.45) is 0.534. The minimum Gasteiger partial charge on any atom is -0.481 e. The van der Waals surface area contributed by atoms with Gasteiger partial charge in [0.2, 0.25) is 11.8 Å². The minimum atomic E-state index is -5.08. The number of benzene rings is 2. The predicted molar refractivity (Wildman–Crippen MR) is 171 cm³/mol. The zero-order valence-electron chi connectivity index (χ0n) is 25.6. The monoisotopic (exact) mass is 665 g/mol. The SMILES string of the molecule is O=C(O)C(F)(F)F.O=C(O)CC(NC(=O)[C@@H](Cc1ccncc1)NC(=O)CCCNc1ccccn1)c1ccc(-c2ccccc2)cc1. The van der Waals surface area contributed by atoms with Gasteiger partial charge in [0.05, 0.1) is 12.5 Å². The number of nitrogens with one attached hydrogen (secondary N) is 3. The number of rotatable bonds is 14. The van der Waals surface area contributed by atoms with Crippen molar-refractivity contribution in [1.29, 1.82) is 0 Å². The number of nitrogens with zero attached hydrogens (tertiary/aromatic N) is 2. The number of anilines is 1. The van der Waals surface area contributed by atoms with Crippen LogP contribution in [-0.2, 0) is 25.6 Å². The number of amides is 2. The smallest absolute Gasteiger partial charge is 0.481 e. The molecule has 4 rings (SSSR count). The molecule has 0 spiro atoms. The van der Waals surface area contributed by atoms with Gasteiger partial charge in [0.15, 0.2) is 0 Å². The van der Waals surface area contributed by atoms with Crippen LogP contribution in [0.5, 0.6) is 0 Å². The van der Waals surface area contributed by atoms with Crippen molar-refractivity contribution in [3.63, 3.8) is 0 Å². The number of carboxylic acids is 2. The minimum absolute atomic E-state index is 0.208. The summed E-state index contributed by atoms with van der Waals surface area (Å²) in [5.41, 5.74) is 3.50. The number of carbonyl (C=O) groups excluding carboxylic acids is 2. The number of carbonyl (C=O) groups is 4. The molecule has 5 N–H and O–H groups in total. The van der Waals surface area contributed by atoms with Gasteiger partial charge in [0.1, 0.15) is 11.9 Å². The Bertz CT molecular complexity index is 1610. The molecule has 252 valence electrons. The number of aromatic nitrogens is 2. The van der Waals surface area contributed by atoms with Crippen LogP contribution in [0.4, 0.5) is 19.0 Å². The second-order valence-electron chi connectivity index (χ2n) is 10.4. The first-order chi connectivity index (χ1) is 22.9. The van der Waals surface area contributed by atoms with E-state index in [1.165, 1.54) is 0 Å². The second-order valence-corrected chi connectivity index (χ2v) is 10.4. The Morgan fingerprint density at radius 3 is 1.98 bits per heavy atom. The van der Waals surface area contributed by atoms with Crippen molar-refractivity contribution in [3.8, 4) is 11.1 Å². The van der Waals surface area contributed by atoms with Crippen molar-refractivity contribution in [1.82, 2.24) is 20.6 Å². The molecule has 0 fully saturated rings. The predicted octanol–water partition coefficient (Wildman–Crippen LogP) is 5.03. The highest BCUT2D eigenvalue weighted by Crippen LogP contribution is 2.24. The number of carboxylic acid groups (broad SMARTS) is 2. The first-order valence-corrected chi connectivity index (χ1v) is 14.7. The molecule has 1 unspecified atom stereocenters. The zero-order valence-corrected chi connectivity index (χ0v) is 25.6. The molecule has 0 aliphatic carbocycles. The Balaban J connectivity index is 0.000000804. The van der Waals surface area contributed by atoms with Gasteiger partial charge >= 0.3 is 18.1 Å². The first-order valence-electron chi connectivity index (χ1n) is 14.7. The van der Waals surface area contributed by atoms with E-state index in [0.29, 0.717) is 18.5 Å². The third kappa shape index (κ3) is 12.9. The maximum absolute atomic E-state index is 13.5. The first kappa shape index (κ1) is 36.7. The molecule has 2 atom stereocenters. The van der Waals surface area contributed by atoms with E-state index >= 15 is 0 Å². The number of hydrogen-bond acceptors (Lipinski definition) is 7. The molecule has 2 amide bonds. The number of hydrogen-bond donors (Lipinski definition) is 5. The average molecular weight is 666 g/mol. The fraction of sp³-hybridized carbons (Fsp3) is 0.235. The van der Waals surface area contributed by atoms with Gasteiger partial charge in [-0.2, -0.15) is 13.2 Å². The van der Waals surface area contributed by atoms with Crippen molar-refractivity contribution in [2.75, 3.05) is 11.9 Å². The van der Waals surface area contributed by atoms with Crippen molar-refractivity contribution in [2.45, 2.75) is 43.9 Å². The largest absolute Gasteiger partial charge is 0.490 e. The number of pyridine rings is 2.